The van der Waals surface area contributed by atoms with Gasteiger partial charge in [-0.2, -0.15) is 4.37 Å². The summed E-state index contributed by atoms with van der Waals surface area (Å²) in [6.07, 6.45) is 3.90. The Balaban J connectivity index is 2.16. The van der Waals surface area contributed by atoms with E-state index in [-0.39, 0.29) is 10.7 Å². The number of nitrogens with two attached hydrogens (primary N) is 1. The van der Waals surface area contributed by atoms with Gasteiger partial charge < -0.3 is 11.1 Å². The van der Waals surface area contributed by atoms with Crippen molar-refractivity contribution in [1.82, 2.24) is 9.36 Å². The van der Waals surface area contributed by atoms with E-state index in [9.17, 15) is 8.42 Å². The van der Waals surface area contributed by atoms with E-state index < -0.39 is 9.84 Å². The summed E-state index contributed by atoms with van der Waals surface area (Å²) in [4.78, 5) is 5.53. The lowest BCUT2D eigenvalue weighted by Gasteiger charge is -2.03. The normalized spacial score (nSPS) is 11.7. The molecule has 2 aromatic heterocycles. The van der Waals surface area contributed by atoms with Crippen LogP contribution in [-0.4, -0.2) is 24.0 Å². The van der Waals surface area contributed by atoms with Crippen LogP contribution in [0.1, 0.15) is 16.8 Å². The third kappa shape index (κ3) is 3.23. The molecule has 0 atom stereocenters. The lowest BCUT2D eigenvalue weighted by molar-refractivity contribution is 0.602. The fourth-order valence-electron chi connectivity index (χ4n) is 1.51. The van der Waals surface area contributed by atoms with E-state index in [1.807, 2.05) is 6.20 Å². The Morgan fingerprint density at radius 2 is 2.21 bits per heavy atom. The summed E-state index contributed by atoms with van der Waals surface area (Å²) in [5, 5.41) is 4.41. The summed E-state index contributed by atoms with van der Waals surface area (Å²) < 4.78 is 27.1. The summed E-state index contributed by atoms with van der Waals surface area (Å²) in [6.45, 7) is 2.53. The van der Waals surface area contributed by atoms with Gasteiger partial charge in [0.15, 0.2) is 15.7 Å². The van der Waals surface area contributed by atoms with E-state index in [1.54, 1.807) is 11.3 Å². The highest BCUT2D eigenvalue weighted by Crippen LogP contribution is 2.31. The van der Waals surface area contributed by atoms with Gasteiger partial charge in [-0.15, -0.1) is 11.3 Å². The molecule has 0 saturated carbocycles. The summed E-state index contributed by atoms with van der Waals surface area (Å²) in [6, 6.07) is 0. The minimum absolute atomic E-state index is 0.0448. The number of aromatic nitrogens is 2. The molecule has 2 heterocycles. The molecule has 0 bridgehead atoms. The van der Waals surface area contributed by atoms with Crippen molar-refractivity contribution in [3.63, 3.8) is 0 Å². The van der Waals surface area contributed by atoms with Crippen LogP contribution in [0.25, 0.3) is 0 Å². The lowest BCUT2D eigenvalue weighted by Crippen LogP contribution is -2.05. The van der Waals surface area contributed by atoms with Crippen LogP contribution in [0.2, 0.25) is 0 Å². The Labute approximate surface area is 119 Å². The lowest BCUT2D eigenvalue weighted by atomic mass is 10.4. The Morgan fingerprint density at radius 3 is 2.79 bits per heavy atom. The van der Waals surface area contributed by atoms with Gasteiger partial charge in [0.05, 0.1) is 6.54 Å². The Hall–Kier alpha value is -1.19. The van der Waals surface area contributed by atoms with Gasteiger partial charge in [-0.25, -0.2) is 13.4 Å². The van der Waals surface area contributed by atoms with Crippen molar-refractivity contribution >= 4 is 43.5 Å². The molecule has 0 aliphatic carbocycles. The fourth-order valence-corrected chi connectivity index (χ4v) is 4.38. The van der Waals surface area contributed by atoms with Crippen LogP contribution < -0.4 is 11.1 Å². The van der Waals surface area contributed by atoms with E-state index in [4.69, 9.17) is 5.73 Å². The molecule has 3 N–H and O–H groups in total. The zero-order valence-corrected chi connectivity index (χ0v) is 13.0. The maximum absolute atomic E-state index is 11.6. The van der Waals surface area contributed by atoms with Gasteiger partial charge >= 0.3 is 0 Å². The van der Waals surface area contributed by atoms with Crippen molar-refractivity contribution in [2.45, 2.75) is 24.8 Å². The van der Waals surface area contributed by atoms with Gasteiger partial charge in [-0.3, -0.25) is 0 Å². The van der Waals surface area contributed by atoms with E-state index in [0.717, 1.165) is 29.2 Å². The van der Waals surface area contributed by atoms with Crippen LogP contribution in [0.3, 0.4) is 0 Å². The molecule has 0 saturated heterocycles. The maximum atomic E-state index is 11.6. The van der Waals surface area contributed by atoms with Gasteiger partial charge in [0.2, 0.25) is 0 Å². The molecule has 0 aliphatic rings. The van der Waals surface area contributed by atoms with Crippen molar-refractivity contribution in [2.75, 3.05) is 17.3 Å². The number of nitrogens with one attached hydrogen (secondary N) is 1. The fraction of sp³-hybridized carbons (Fsp3) is 0.400. The number of hydrogen-bond donors (Lipinski definition) is 2. The van der Waals surface area contributed by atoms with E-state index in [1.165, 1.54) is 4.88 Å². The monoisotopic (exact) mass is 318 g/mol. The number of thiazole rings is 1. The molecule has 0 spiro atoms. The van der Waals surface area contributed by atoms with Gasteiger partial charge in [-0.05, 0) is 18.0 Å². The predicted molar refractivity (Wildman–Crippen MR) is 78.5 cm³/mol. The topological polar surface area (TPSA) is 98.0 Å². The number of rotatable bonds is 5. The molecule has 0 aliphatic heterocycles. The second kappa shape index (κ2) is 5.43. The molecule has 0 unspecified atom stereocenters. The quantitative estimate of drug-likeness (QED) is 0.871. The first-order chi connectivity index (χ1) is 8.91. The number of hydrogen-bond acceptors (Lipinski definition) is 8. The van der Waals surface area contributed by atoms with Crippen molar-refractivity contribution in [3.8, 4) is 0 Å². The first-order valence-electron chi connectivity index (χ1n) is 5.54. The van der Waals surface area contributed by atoms with Crippen molar-refractivity contribution in [1.29, 1.82) is 0 Å². The number of nitrogens with zero attached hydrogens (tertiary/aromatic N) is 2. The first kappa shape index (κ1) is 14.2. The van der Waals surface area contributed by atoms with Gasteiger partial charge in [0.25, 0.3) is 0 Å². The Morgan fingerprint density at radius 1 is 1.47 bits per heavy atom. The predicted octanol–water partition coefficient (Wildman–Crippen LogP) is 1.76. The molecule has 104 valence electrons. The SMILES string of the molecule is CCc1cnc(CNc2snc(N)c2S(C)(=O)=O)s1. The molecular weight excluding hydrogens is 304 g/mol. The Bertz CT molecular complexity index is 675. The molecule has 0 aromatic carbocycles. The average molecular weight is 318 g/mol. The third-order valence-corrected chi connectivity index (χ3v) is 5.64. The van der Waals surface area contributed by atoms with Crippen molar-refractivity contribution < 1.29 is 8.42 Å². The van der Waals surface area contributed by atoms with Crippen molar-refractivity contribution in [3.05, 3.63) is 16.1 Å². The highest BCUT2D eigenvalue weighted by molar-refractivity contribution is 7.91. The average Bonchev–Trinajstić information content (AvgIpc) is 2.91. The molecule has 2 rings (SSSR count). The van der Waals surface area contributed by atoms with Crippen LogP contribution in [0, 0.1) is 0 Å². The minimum Gasteiger partial charge on any atom is -0.382 e. The van der Waals surface area contributed by atoms with Gasteiger partial charge in [0.1, 0.15) is 14.9 Å². The second-order valence-corrected chi connectivity index (χ2v) is 7.85. The maximum Gasteiger partial charge on any atom is 0.182 e. The van der Waals surface area contributed by atoms with Crippen LogP contribution in [-0.2, 0) is 22.8 Å². The standard InChI is InChI=1S/C10H14N4O2S3/c1-3-6-4-12-7(17-6)5-13-10-8(19(2,15)16)9(11)14-18-10/h4,13H,3,5H2,1-2H3,(H2,11,14). The number of anilines is 2. The van der Waals surface area contributed by atoms with Crippen LogP contribution in [0.5, 0.6) is 0 Å². The molecular formula is C10H14N4O2S3. The largest absolute Gasteiger partial charge is 0.382 e. The summed E-state index contributed by atoms with van der Waals surface area (Å²) in [5.74, 6) is 0.0448. The van der Waals surface area contributed by atoms with E-state index in [2.05, 4.69) is 21.6 Å². The third-order valence-electron chi connectivity index (χ3n) is 2.40. The molecule has 6 nitrogen and oxygen atoms in total. The zero-order valence-electron chi connectivity index (χ0n) is 10.5. The summed E-state index contributed by atoms with van der Waals surface area (Å²) in [7, 11) is -3.38. The zero-order chi connectivity index (χ0) is 14.0. The summed E-state index contributed by atoms with van der Waals surface area (Å²) in [5.41, 5.74) is 5.59. The summed E-state index contributed by atoms with van der Waals surface area (Å²) >= 11 is 2.65. The number of aryl methyl sites for hydroxylation is 1. The number of sulfone groups is 1. The minimum atomic E-state index is -3.38. The van der Waals surface area contributed by atoms with Gasteiger partial charge in [-0.1, -0.05) is 6.92 Å². The Kier molecular flexibility index (Phi) is 4.07. The van der Waals surface area contributed by atoms with Crippen LogP contribution in [0.4, 0.5) is 10.8 Å². The second-order valence-electron chi connectivity index (χ2n) is 3.93. The molecule has 0 amide bonds. The van der Waals surface area contributed by atoms with E-state index in [0.29, 0.717) is 11.5 Å². The number of nitrogen functional groups attached to an aromatic ring is 1. The van der Waals surface area contributed by atoms with Crippen molar-refractivity contribution in [2.24, 2.45) is 0 Å². The van der Waals surface area contributed by atoms with E-state index >= 15 is 0 Å². The molecule has 0 radical (unpaired) electrons. The highest BCUT2D eigenvalue weighted by atomic mass is 32.2. The van der Waals surface area contributed by atoms with Gasteiger partial charge in [0, 0.05) is 17.3 Å². The molecule has 2 aromatic rings. The smallest absolute Gasteiger partial charge is 0.182 e. The first-order valence-corrected chi connectivity index (χ1v) is 9.02. The highest BCUT2D eigenvalue weighted by Gasteiger charge is 2.21. The van der Waals surface area contributed by atoms with Crippen LogP contribution in [0.15, 0.2) is 11.1 Å². The molecule has 19 heavy (non-hydrogen) atoms. The molecule has 9 heteroatoms. The molecule has 0 fully saturated rings. The van der Waals surface area contributed by atoms with Crippen LogP contribution >= 0.6 is 22.9 Å².